The number of β-lactam (4-membered cyclic amide) rings is 1. The number of primary amides is 1. The first kappa shape index (κ1) is 27.3. The molecule has 5 N–H and O–H groups in total. The molecule has 1 saturated heterocycles. The highest BCUT2D eigenvalue weighted by molar-refractivity contribution is 8.00. The largest absolute Gasteiger partial charge is 0.543 e. The van der Waals surface area contributed by atoms with Gasteiger partial charge in [-0.2, -0.15) is 9.36 Å². The van der Waals surface area contributed by atoms with Crippen LogP contribution in [0.3, 0.4) is 0 Å². The van der Waals surface area contributed by atoms with Crippen molar-refractivity contribution < 1.29 is 33.7 Å². The SMILES string of the molecule is C#CCON=C(C(=O)NC1S[C@@H]2CC(=O)N2C(C(=O)[O-])=C1C=CC[n+]1ccc(C(N)=O)cc1)c1nsc(N)n1. The van der Waals surface area contributed by atoms with Crippen LogP contribution in [-0.4, -0.2) is 61.0 Å². The van der Waals surface area contributed by atoms with Crippen LogP contribution in [0.25, 0.3) is 0 Å². The van der Waals surface area contributed by atoms with E-state index >= 15 is 0 Å². The number of carbonyl (C=O) groups excluding carboxylic acids is 4. The van der Waals surface area contributed by atoms with E-state index in [0.717, 1.165) is 28.2 Å². The van der Waals surface area contributed by atoms with Crippen molar-refractivity contribution in [3.05, 3.63) is 59.3 Å². The molecule has 0 aromatic carbocycles. The van der Waals surface area contributed by atoms with Crippen molar-refractivity contribution in [3.63, 3.8) is 0 Å². The zero-order chi connectivity index (χ0) is 28.1. The minimum atomic E-state index is -1.58. The van der Waals surface area contributed by atoms with Gasteiger partial charge in [-0.05, 0) is 6.08 Å². The van der Waals surface area contributed by atoms with Crippen LogP contribution < -0.4 is 26.5 Å². The number of nitrogen functional groups attached to an aromatic ring is 1. The number of nitrogens with one attached hydrogen (secondary N) is 1. The molecule has 0 spiro atoms. The molecule has 2 aromatic heterocycles. The number of nitrogens with two attached hydrogens (primary N) is 2. The number of aliphatic carboxylic acids is 1. The van der Waals surface area contributed by atoms with Gasteiger partial charge in [0.2, 0.25) is 23.4 Å². The van der Waals surface area contributed by atoms with Crippen molar-refractivity contribution in [2.75, 3.05) is 12.3 Å². The van der Waals surface area contributed by atoms with Gasteiger partial charge in [-0.15, -0.1) is 18.2 Å². The second-order valence-corrected chi connectivity index (χ2v) is 10.00. The Labute approximate surface area is 229 Å². The molecule has 0 aliphatic carbocycles. The van der Waals surface area contributed by atoms with Crippen LogP contribution in [0.5, 0.6) is 0 Å². The molecular weight excluding hydrogens is 548 g/mol. The van der Waals surface area contributed by atoms with Gasteiger partial charge in [0.15, 0.2) is 30.7 Å². The zero-order valence-corrected chi connectivity index (χ0v) is 21.6. The van der Waals surface area contributed by atoms with E-state index in [-0.39, 0.29) is 53.4 Å². The molecule has 3 amide bonds. The maximum atomic E-state index is 13.3. The Hall–Kier alpha value is -4.75. The van der Waals surface area contributed by atoms with E-state index in [1.54, 1.807) is 23.0 Å². The first-order valence-electron chi connectivity index (χ1n) is 11.1. The number of pyridine rings is 1. The third kappa shape index (κ3) is 6.05. The van der Waals surface area contributed by atoms with Crippen molar-refractivity contribution in [1.29, 1.82) is 0 Å². The summed E-state index contributed by atoms with van der Waals surface area (Å²) in [4.78, 5) is 59.0. The van der Waals surface area contributed by atoms with Gasteiger partial charge in [0.1, 0.15) is 5.37 Å². The molecule has 0 saturated carbocycles. The van der Waals surface area contributed by atoms with Crippen LogP contribution in [-0.2, 0) is 25.8 Å². The van der Waals surface area contributed by atoms with Crippen LogP contribution in [0.15, 0.2) is 53.1 Å². The van der Waals surface area contributed by atoms with Crippen LogP contribution >= 0.6 is 23.3 Å². The number of hydrogen-bond acceptors (Lipinski definition) is 12. The Kier molecular flexibility index (Phi) is 8.22. The summed E-state index contributed by atoms with van der Waals surface area (Å²) in [6.45, 7) is 0.0365. The van der Waals surface area contributed by atoms with Gasteiger partial charge in [0.05, 0.1) is 29.0 Å². The Morgan fingerprint density at radius 3 is 2.72 bits per heavy atom. The van der Waals surface area contributed by atoms with Gasteiger partial charge in [-0.3, -0.25) is 19.3 Å². The average molecular weight is 569 g/mol. The van der Waals surface area contributed by atoms with Gasteiger partial charge < -0.3 is 31.5 Å². The molecule has 4 rings (SSSR count). The highest BCUT2D eigenvalue weighted by Gasteiger charge is 2.46. The molecular formula is C23H20N8O6S2. The quantitative estimate of drug-likeness (QED) is 0.0707. The Morgan fingerprint density at radius 1 is 1.38 bits per heavy atom. The summed E-state index contributed by atoms with van der Waals surface area (Å²) in [6, 6.07) is 3.07. The van der Waals surface area contributed by atoms with E-state index < -0.39 is 28.5 Å². The lowest BCUT2D eigenvalue weighted by Gasteiger charge is -2.47. The molecule has 16 heteroatoms. The van der Waals surface area contributed by atoms with E-state index in [4.69, 9.17) is 22.7 Å². The Morgan fingerprint density at radius 2 is 2.13 bits per heavy atom. The number of terminal acetylenes is 1. The standard InChI is InChI=1S/C23H20N8O6S2/c1-2-10-37-28-16(19-26-23(25)39-29-19)20(34)27-21-13(17(22(35)36)31-14(32)11-15(31)38-21)4-3-7-30-8-5-12(6-9-30)18(24)33/h1,3-6,8-9,15,21H,7,10-11H2,(H5-,24,25,26,27,29,33,34,35,36)/t15-,21?/m1/s1. The number of fused-ring (bicyclic) bond motifs is 1. The van der Waals surface area contributed by atoms with Crippen molar-refractivity contribution in [2.24, 2.45) is 10.9 Å². The second kappa shape index (κ2) is 11.8. The lowest BCUT2D eigenvalue weighted by Crippen LogP contribution is -2.59. The van der Waals surface area contributed by atoms with Crippen molar-refractivity contribution in [2.45, 2.75) is 23.7 Å². The molecule has 2 aliphatic rings. The summed E-state index contributed by atoms with van der Waals surface area (Å²) in [5.74, 6) is -1.22. The summed E-state index contributed by atoms with van der Waals surface area (Å²) in [5.41, 5.74) is 10.7. The number of amides is 3. The fraction of sp³-hybridized carbons (Fsp3) is 0.217. The first-order chi connectivity index (χ1) is 18.7. The topological polar surface area (TPSA) is 210 Å². The van der Waals surface area contributed by atoms with Gasteiger partial charge in [-0.1, -0.05) is 17.2 Å². The maximum Gasteiger partial charge on any atom is 0.278 e. The minimum Gasteiger partial charge on any atom is -0.543 e. The van der Waals surface area contributed by atoms with Crippen molar-refractivity contribution in [3.8, 4) is 12.3 Å². The number of carbonyl (C=O) groups is 4. The van der Waals surface area contributed by atoms with Crippen LogP contribution in [0.4, 0.5) is 5.13 Å². The first-order valence-corrected chi connectivity index (χ1v) is 12.8. The number of aromatic nitrogens is 3. The van der Waals surface area contributed by atoms with E-state index in [1.165, 1.54) is 18.2 Å². The summed E-state index contributed by atoms with van der Waals surface area (Å²) in [5, 5.41) is 17.2. The number of allylic oxidation sites excluding steroid dienone is 1. The molecule has 4 heterocycles. The van der Waals surface area contributed by atoms with E-state index in [9.17, 15) is 24.3 Å². The predicted octanol–water partition coefficient (Wildman–Crippen LogP) is -2.13. The monoisotopic (exact) mass is 568 g/mol. The third-order valence-electron chi connectivity index (χ3n) is 5.41. The van der Waals surface area contributed by atoms with Gasteiger partial charge in [0.25, 0.3) is 5.91 Å². The normalized spacial score (nSPS) is 18.8. The molecule has 14 nitrogen and oxygen atoms in total. The van der Waals surface area contributed by atoms with E-state index in [2.05, 4.69) is 25.8 Å². The number of carboxylic acid groups (broad SMARTS) is 1. The number of anilines is 1. The highest BCUT2D eigenvalue weighted by Crippen LogP contribution is 2.43. The highest BCUT2D eigenvalue weighted by atomic mass is 32.2. The number of carboxylic acids is 1. The molecule has 2 atom stereocenters. The molecule has 2 aromatic rings. The molecule has 1 fully saturated rings. The van der Waals surface area contributed by atoms with Crippen molar-refractivity contribution >= 4 is 57.8 Å². The summed E-state index contributed by atoms with van der Waals surface area (Å²) < 4.78 is 5.68. The fourth-order valence-corrected chi connectivity index (χ4v) is 5.48. The second-order valence-electron chi connectivity index (χ2n) is 7.93. The molecule has 2 aliphatic heterocycles. The maximum absolute atomic E-state index is 13.3. The fourth-order valence-electron chi connectivity index (χ4n) is 3.63. The van der Waals surface area contributed by atoms with Gasteiger partial charge in [0, 0.05) is 29.2 Å². The minimum absolute atomic E-state index is 0.0854. The Bertz CT molecular complexity index is 1460. The number of rotatable bonds is 10. The molecule has 200 valence electrons. The summed E-state index contributed by atoms with van der Waals surface area (Å²) in [6.07, 6.45) is 11.6. The van der Waals surface area contributed by atoms with Crippen LogP contribution in [0.2, 0.25) is 0 Å². The van der Waals surface area contributed by atoms with Gasteiger partial charge >= 0.3 is 0 Å². The lowest BCUT2D eigenvalue weighted by molar-refractivity contribution is -0.687. The number of nitrogens with zero attached hydrogens (tertiary/aromatic N) is 5. The zero-order valence-electron chi connectivity index (χ0n) is 20.0. The summed E-state index contributed by atoms with van der Waals surface area (Å²) >= 11 is 2.00. The van der Waals surface area contributed by atoms with Crippen LogP contribution in [0.1, 0.15) is 22.6 Å². The molecule has 39 heavy (non-hydrogen) atoms. The van der Waals surface area contributed by atoms with Crippen LogP contribution in [0, 0.1) is 12.3 Å². The molecule has 0 radical (unpaired) electrons. The average Bonchev–Trinajstić information content (AvgIpc) is 3.32. The third-order valence-corrected chi connectivity index (χ3v) is 7.29. The predicted molar refractivity (Wildman–Crippen MR) is 137 cm³/mol. The summed E-state index contributed by atoms with van der Waals surface area (Å²) in [7, 11) is 0. The smallest absolute Gasteiger partial charge is 0.278 e. The number of oxime groups is 1. The van der Waals surface area contributed by atoms with E-state index in [1.807, 2.05) is 0 Å². The number of thioether (sulfide) groups is 1. The Balaban J connectivity index is 1.63. The lowest BCUT2D eigenvalue weighted by atomic mass is 10.1. The number of hydrogen-bond donors (Lipinski definition) is 3. The van der Waals surface area contributed by atoms with E-state index in [0.29, 0.717) is 5.56 Å². The van der Waals surface area contributed by atoms with Gasteiger partial charge in [-0.25, -0.2) is 4.57 Å². The molecule has 1 unspecified atom stereocenters. The molecule has 0 bridgehead atoms. The van der Waals surface area contributed by atoms with Crippen molar-refractivity contribution in [1.82, 2.24) is 19.6 Å².